The van der Waals surface area contributed by atoms with Crippen LogP contribution in [0.25, 0.3) is 0 Å². The van der Waals surface area contributed by atoms with Gasteiger partial charge in [0, 0.05) is 52.6 Å². The van der Waals surface area contributed by atoms with E-state index >= 15 is 0 Å². The van der Waals surface area contributed by atoms with Crippen molar-refractivity contribution in [2.75, 3.05) is 13.2 Å². The van der Waals surface area contributed by atoms with Gasteiger partial charge >= 0.3 is 0 Å². The molecule has 0 aliphatic carbocycles. The standard InChI is InChI=1S/C25H33N5O3S/c1-4-20-9-22-23(34-20)5-8-33-25(22)6-7-29(16(2)10-25)12-19-13-30(28-27-19)14-21-18(15-31)11-26-17(3)24(21)32/h9,11,13,16,31-32H,4-8,10,12,14-15H2,1-3H3/t16-,25+/m0/s1. The number of aliphatic hydroxyl groups excluding tert-OH is 1. The number of piperidine rings is 1. The largest absolute Gasteiger partial charge is 0.506 e. The summed E-state index contributed by atoms with van der Waals surface area (Å²) in [6.07, 6.45) is 7.62. The Balaban J connectivity index is 1.27. The average Bonchev–Trinajstić information content (AvgIpc) is 3.46. The molecular formula is C25H33N5O3S. The zero-order valence-corrected chi connectivity index (χ0v) is 20.9. The molecule has 2 N–H and O–H groups in total. The van der Waals surface area contributed by atoms with E-state index in [1.165, 1.54) is 15.3 Å². The first-order chi connectivity index (χ1) is 16.4. The molecule has 8 nitrogen and oxygen atoms in total. The van der Waals surface area contributed by atoms with Crippen molar-refractivity contribution in [1.82, 2.24) is 24.9 Å². The third kappa shape index (κ3) is 4.26. The number of likely N-dealkylation sites (tertiary alicyclic amines) is 1. The maximum atomic E-state index is 10.4. The fourth-order valence-corrected chi connectivity index (χ4v) is 6.54. The molecule has 3 aromatic heterocycles. The van der Waals surface area contributed by atoms with E-state index in [1.807, 2.05) is 17.5 Å². The van der Waals surface area contributed by atoms with Crippen LogP contribution >= 0.6 is 11.3 Å². The number of ether oxygens (including phenoxy) is 1. The molecule has 0 aromatic carbocycles. The van der Waals surface area contributed by atoms with Crippen molar-refractivity contribution in [2.45, 2.75) is 77.8 Å². The number of thiophene rings is 1. The summed E-state index contributed by atoms with van der Waals surface area (Å²) in [5.41, 5.74) is 3.95. The maximum absolute atomic E-state index is 10.4. The zero-order valence-electron chi connectivity index (χ0n) is 20.1. The van der Waals surface area contributed by atoms with Crippen LogP contribution in [0, 0.1) is 6.92 Å². The molecule has 0 saturated carbocycles. The lowest BCUT2D eigenvalue weighted by molar-refractivity contribution is -0.112. The van der Waals surface area contributed by atoms with E-state index in [2.05, 4.69) is 40.1 Å². The molecule has 5 rings (SSSR count). The van der Waals surface area contributed by atoms with Crippen molar-refractivity contribution in [2.24, 2.45) is 0 Å². The molecule has 2 atom stereocenters. The van der Waals surface area contributed by atoms with Gasteiger partial charge in [-0.1, -0.05) is 12.1 Å². The fraction of sp³-hybridized carbons (Fsp3) is 0.560. The number of fused-ring (bicyclic) bond motifs is 2. The van der Waals surface area contributed by atoms with Crippen LogP contribution in [0.4, 0.5) is 0 Å². The highest BCUT2D eigenvalue weighted by molar-refractivity contribution is 7.12. The number of hydrogen-bond acceptors (Lipinski definition) is 8. The molecule has 1 spiro atoms. The summed E-state index contributed by atoms with van der Waals surface area (Å²) in [7, 11) is 0. The predicted molar refractivity (Wildman–Crippen MR) is 130 cm³/mol. The van der Waals surface area contributed by atoms with E-state index in [0.29, 0.717) is 29.4 Å². The molecular weight excluding hydrogens is 450 g/mol. The van der Waals surface area contributed by atoms with Crippen LogP contribution in [0.2, 0.25) is 0 Å². The molecule has 3 aromatic rings. The molecule has 0 unspecified atom stereocenters. The van der Waals surface area contributed by atoms with Gasteiger partial charge in [0.15, 0.2) is 0 Å². The Labute approximate surface area is 204 Å². The SMILES string of the molecule is CCc1cc2c(s1)CCO[C@@]21CCN(Cc2cn(Cc3c(CO)cnc(C)c3O)nn2)[C@@H](C)C1. The van der Waals surface area contributed by atoms with E-state index in [0.717, 1.165) is 51.1 Å². The third-order valence-corrected chi connectivity index (χ3v) is 8.67. The number of aryl methyl sites for hydroxylation is 2. The normalized spacial score (nSPS) is 22.9. The molecule has 5 heterocycles. The maximum Gasteiger partial charge on any atom is 0.142 e. The van der Waals surface area contributed by atoms with Gasteiger partial charge in [0.2, 0.25) is 0 Å². The van der Waals surface area contributed by atoms with E-state index in [9.17, 15) is 10.2 Å². The van der Waals surface area contributed by atoms with Crippen molar-refractivity contribution < 1.29 is 14.9 Å². The highest BCUT2D eigenvalue weighted by Crippen LogP contribution is 2.46. The Hall–Kier alpha value is -2.33. The predicted octanol–water partition coefficient (Wildman–Crippen LogP) is 3.30. The summed E-state index contributed by atoms with van der Waals surface area (Å²) in [6, 6.07) is 2.76. The monoisotopic (exact) mass is 483 g/mol. The minimum atomic E-state index is -0.182. The minimum absolute atomic E-state index is 0.102. The number of hydrogen-bond donors (Lipinski definition) is 2. The van der Waals surface area contributed by atoms with Crippen LogP contribution in [0.5, 0.6) is 5.75 Å². The molecule has 9 heteroatoms. The van der Waals surface area contributed by atoms with Gasteiger partial charge in [-0.3, -0.25) is 9.88 Å². The zero-order chi connectivity index (χ0) is 23.9. The Morgan fingerprint density at radius 1 is 1.32 bits per heavy atom. The van der Waals surface area contributed by atoms with Crippen LogP contribution < -0.4 is 0 Å². The summed E-state index contributed by atoms with van der Waals surface area (Å²) in [5.74, 6) is 0.102. The van der Waals surface area contributed by atoms with E-state index < -0.39 is 0 Å². The van der Waals surface area contributed by atoms with Gasteiger partial charge in [-0.2, -0.15) is 0 Å². The lowest BCUT2D eigenvalue weighted by atomic mass is 9.79. The molecule has 2 aliphatic heterocycles. The molecule has 2 aliphatic rings. The molecule has 1 fully saturated rings. The van der Waals surface area contributed by atoms with Crippen molar-refractivity contribution in [3.05, 3.63) is 56.3 Å². The lowest BCUT2D eigenvalue weighted by Gasteiger charge is -2.47. The van der Waals surface area contributed by atoms with Crippen LogP contribution in [0.1, 0.15) is 64.5 Å². The number of pyridine rings is 1. The van der Waals surface area contributed by atoms with Crippen molar-refractivity contribution >= 4 is 11.3 Å². The highest BCUT2D eigenvalue weighted by atomic mass is 32.1. The number of aromatic hydroxyl groups is 1. The number of nitrogens with zero attached hydrogens (tertiary/aromatic N) is 5. The Bertz CT molecular complexity index is 1180. The Morgan fingerprint density at radius 3 is 2.94 bits per heavy atom. The second kappa shape index (κ2) is 9.37. The number of aromatic nitrogens is 4. The summed E-state index contributed by atoms with van der Waals surface area (Å²) in [4.78, 5) is 9.56. The summed E-state index contributed by atoms with van der Waals surface area (Å²) in [6.45, 7) is 8.90. The molecule has 0 bridgehead atoms. The quantitative estimate of drug-likeness (QED) is 0.555. The Morgan fingerprint density at radius 2 is 2.18 bits per heavy atom. The topological polar surface area (TPSA) is 96.5 Å². The molecule has 182 valence electrons. The summed E-state index contributed by atoms with van der Waals surface area (Å²) < 4.78 is 8.19. The van der Waals surface area contributed by atoms with Gasteiger partial charge in [0.25, 0.3) is 0 Å². The summed E-state index contributed by atoms with van der Waals surface area (Å²) >= 11 is 1.96. The van der Waals surface area contributed by atoms with Gasteiger partial charge in [0.05, 0.1) is 42.9 Å². The first-order valence-corrected chi connectivity index (χ1v) is 12.9. The molecule has 34 heavy (non-hydrogen) atoms. The molecule has 0 radical (unpaired) electrons. The highest BCUT2D eigenvalue weighted by Gasteiger charge is 2.44. The summed E-state index contributed by atoms with van der Waals surface area (Å²) in [5, 5.41) is 28.7. The lowest BCUT2D eigenvalue weighted by Crippen LogP contribution is -2.50. The second-order valence-electron chi connectivity index (χ2n) is 9.53. The van der Waals surface area contributed by atoms with Gasteiger partial charge < -0.3 is 14.9 Å². The van der Waals surface area contributed by atoms with Crippen molar-refractivity contribution in [3.63, 3.8) is 0 Å². The first kappa shape index (κ1) is 23.4. The van der Waals surface area contributed by atoms with E-state index in [4.69, 9.17) is 4.74 Å². The smallest absolute Gasteiger partial charge is 0.142 e. The van der Waals surface area contributed by atoms with Gasteiger partial charge in [-0.25, -0.2) is 4.68 Å². The average molecular weight is 484 g/mol. The second-order valence-corrected chi connectivity index (χ2v) is 10.8. The third-order valence-electron chi connectivity index (χ3n) is 7.33. The molecule has 1 saturated heterocycles. The van der Waals surface area contributed by atoms with Gasteiger partial charge in [-0.15, -0.1) is 16.4 Å². The van der Waals surface area contributed by atoms with Crippen LogP contribution in [-0.2, 0) is 42.9 Å². The van der Waals surface area contributed by atoms with E-state index in [1.54, 1.807) is 17.8 Å². The van der Waals surface area contributed by atoms with Gasteiger partial charge in [0.1, 0.15) is 5.75 Å². The fourth-order valence-electron chi connectivity index (χ4n) is 5.37. The first-order valence-electron chi connectivity index (χ1n) is 12.1. The number of aliphatic hydroxyl groups is 1. The minimum Gasteiger partial charge on any atom is -0.506 e. The van der Waals surface area contributed by atoms with Crippen LogP contribution in [0.3, 0.4) is 0 Å². The van der Waals surface area contributed by atoms with Crippen LogP contribution in [-0.4, -0.2) is 54.3 Å². The van der Waals surface area contributed by atoms with Crippen LogP contribution in [0.15, 0.2) is 18.5 Å². The Kier molecular flexibility index (Phi) is 6.45. The number of rotatable bonds is 6. The van der Waals surface area contributed by atoms with E-state index in [-0.39, 0.29) is 18.0 Å². The van der Waals surface area contributed by atoms with Crippen molar-refractivity contribution in [1.29, 1.82) is 0 Å². The van der Waals surface area contributed by atoms with Crippen molar-refractivity contribution in [3.8, 4) is 5.75 Å². The molecule has 0 amide bonds. The van der Waals surface area contributed by atoms with Gasteiger partial charge in [-0.05, 0) is 44.7 Å².